The number of nitriles is 1. The zero-order valence-corrected chi connectivity index (χ0v) is 23.7. The molecular formula is C39H23NO5. The lowest BCUT2D eigenvalue weighted by Crippen LogP contribution is -2.11. The predicted octanol–water partition coefficient (Wildman–Crippen LogP) is 8.83. The van der Waals surface area contributed by atoms with Crippen molar-refractivity contribution in [2.24, 2.45) is 0 Å². The van der Waals surface area contributed by atoms with Crippen molar-refractivity contribution in [1.82, 2.24) is 0 Å². The van der Waals surface area contributed by atoms with Crippen LogP contribution in [0.15, 0.2) is 133 Å². The van der Waals surface area contributed by atoms with Gasteiger partial charge in [0, 0.05) is 11.1 Å². The van der Waals surface area contributed by atoms with E-state index >= 15 is 0 Å². The fourth-order valence-corrected chi connectivity index (χ4v) is 5.55. The molecule has 6 heteroatoms. The van der Waals surface area contributed by atoms with Crippen LogP contribution in [0.4, 0.5) is 0 Å². The van der Waals surface area contributed by atoms with Gasteiger partial charge in [0.2, 0.25) is 0 Å². The highest BCUT2D eigenvalue weighted by atomic mass is 16.5. The fourth-order valence-electron chi connectivity index (χ4n) is 5.55. The number of rotatable bonds is 5. The molecule has 0 bridgehead atoms. The van der Waals surface area contributed by atoms with Crippen molar-refractivity contribution in [1.29, 1.82) is 5.26 Å². The Balaban J connectivity index is 1.38. The van der Waals surface area contributed by atoms with Crippen LogP contribution in [0.25, 0.3) is 43.4 Å². The maximum absolute atomic E-state index is 13.6. The minimum Gasteiger partial charge on any atom is -0.508 e. The summed E-state index contributed by atoms with van der Waals surface area (Å²) in [5.41, 5.74) is 2.28. The number of phenols is 1. The topological polar surface area (TPSA) is 96.6 Å². The molecule has 0 atom stereocenters. The van der Waals surface area contributed by atoms with Crippen molar-refractivity contribution in [2.75, 3.05) is 0 Å². The first-order valence-corrected chi connectivity index (χ1v) is 14.2. The van der Waals surface area contributed by atoms with Crippen molar-refractivity contribution >= 4 is 44.3 Å². The van der Waals surface area contributed by atoms with E-state index in [-0.39, 0.29) is 5.75 Å². The number of nitrogens with zero attached hydrogens (tertiary/aromatic N) is 1. The zero-order chi connectivity index (χ0) is 30.9. The van der Waals surface area contributed by atoms with Gasteiger partial charge in [0.1, 0.15) is 17.2 Å². The Kier molecular flexibility index (Phi) is 6.89. The van der Waals surface area contributed by atoms with Crippen LogP contribution >= 0.6 is 0 Å². The summed E-state index contributed by atoms with van der Waals surface area (Å²) in [6.07, 6.45) is 0. The number of hydrogen-bond acceptors (Lipinski definition) is 6. The minimum atomic E-state index is -0.586. The molecule has 45 heavy (non-hydrogen) atoms. The van der Waals surface area contributed by atoms with Gasteiger partial charge >= 0.3 is 11.9 Å². The van der Waals surface area contributed by atoms with Gasteiger partial charge in [0.15, 0.2) is 0 Å². The molecule has 0 aliphatic rings. The van der Waals surface area contributed by atoms with E-state index in [4.69, 9.17) is 14.7 Å². The highest BCUT2D eigenvalue weighted by Crippen LogP contribution is 2.46. The molecular weight excluding hydrogens is 562 g/mol. The van der Waals surface area contributed by atoms with Crippen molar-refractivity contribution in [3.05, 3.63) is 150 Å². The number of ether oxygens (including phenoxy) is 2. The fraction of sp³-hybridized carbons (Fsp3) is 0. The van der Waals surface area contributed by atoms with E-state index < -0.39 is 11.9 Å². The molecule has 0 aromatic heterocycles. The van der Waals surface area contributed by atoms with Crippen molar-refractivity contribution in [2.45, 2.75) is 0 Å². The van der Waals surface area contributed by atoms with E-state index in [1.807, 2.05) is 60.7 Å². The second kappa shape index (κ2) is 11.3. The molecule has 1 N–H and O–H groups in total. The average molecular weight is 586 g/mol. The van der Waals surface area contributed by atoms with Gasteiger partial charge in [-0.25, -0.2) is 9.59 Å². The molecule has 0 aliphatic heterocycles. The van der Waals surface area contributed by atoms with Crippen LogP contribution in [0.3, 0.4) is 0 Å². The van der Waals surface area contributed by atoms with Gasteiger partial charge in [-0.05, 0) is 93.0 Å². The molecule has 0 saturated carbocycles. The molecule has 0 spiro atoms. The molecule has 7 aromatic carbocycles. The van der Waals surface area contributed by atoms with E-state index in [9.17, 15) is 14.7 Å². The van der Waals surface area contributed by atoms with Gasteiger partial charge in [0.05, 0.1) is 22.8 Å². The van der Waals surface area contributed by atoms with E-state index in [2.05, 4.69) is 6.07 Å². The minimum absolute atomic E-state index is 0.143. The van der Waals surface area contributed by atoms with E-state index in [0.29, 0.717) is 39.3 Å². The number of benzene rings is 7. The van der Waals surface area contributed by atoms with Crippen LogP contribution < -0.4 is 9.47 Å². The first kappa shape index (κ1) is 27.4. The van der Waals surface area contributed by atoms with Gasteiger partial charge in [-0.2, -0.15) is 5.26 Å². The lowest BCUT2D eigenvalue weighted by atomic mass is 9.92. The predicted molar refractivity (Wildman–Crippen MR) is 174 cm³/mol. The summed E-state index contributed by atoms with van der Waals surface area (Å²) in [7, 11) is 0. The van der Waals surface area contributed by atoms with E-state index in [1.165, 1.54) is 0 Å². The number of carbonyl (C=O) groups excluding carboxylic acids is 2. The van der Waals surface area contributed by atoms with Gasteiger partial charge in [-0.1, -0.05) is 72.8 Å². The molecule has 214 valence electrons. The summed E-state index contributed by atoms with van der Waals surface area (Å²) in [4.78, 5) is 27.0. The number of hydrogen-bond donors (Lipinski definition) is 1. The third-order valence-electron chi connectivity index (χ3n) is 7.75. The molecule has 7 aromatic rings. The number of phenolic OH excluding ortho intramolecular Hbond substituents is 1. The lowest BCUT2D eigenvalue weighted by Gasteiger charge is -2.19. The number of aromatic hydroxyl groups is 1. The first-order valence-electron chi connectivity index (χ1n) is 14.2. The molecule has 0 saturated heterocycles. The molecule has 0 heterocycles. The summed E-state index contributed by atoms with van der Waals surface area (Å²) in [5, 5.41) is 24.0. The van der Waals surface area contributed by atoms with Crippen LogP contribution in [-0.4, -0.2) is 17.0 Å². The van der Waals surface area contributed by atoms with Crippen molar-refractivity contribution < 1.29 is 24.2 Å². The van der Waals surface area contributed by atoms with Gasteiger partial charge < -0.3 is 14.6 Å². The normalized spacial score (nSPS) is 10.9. The van der Waals surface area contributed by atoms with Gasteiger partial charge in [-0.3, -0.25) is 0 Å². The molecule has 0 aliphatic carbocycles. The van der Waals surface area contributed by atoms with Crippen molar-refractivity contribution in [3.8, 4) is 34.4 Å². The molecule has 0 radical (unpaired) electrons. The highest BCUT2D eigenvalue weighted by Gasteiger charge is 2.23. The molecule has 0 amide bonds. The van der Waals surface area contributed by atoms with Gasteiger partial charge in [-0.15, -0.1) is 0 Å². The first-order chi connectivity index (χ1) is 22.0. The van der Waals surface area contributed by atoms with E-state index in [1.54, 1.807) is 72.8 Å². The van der Waals surface area contributed by atoms with Crippen LogP contribution in [0.2, 0.25) is 0 Å². The largest absolute Gasteiger partial charge is 0.508 e. The van der Waals surface area contributed by atoms with E-state index in [0.717, 1.165) is 32.3 Å². The maximum Gasteiger partial charge on any atom is 0.343 e. The second-order valence-electron chi connectivity index (χ2n) is 10.5. The number of fused-ring (bicyclic) bond motifs is 3. The smallest absolute Gasteiger partial charge is 0.343 e. The Bertz CT molecular complexity index is 2330. The summed E-state index contributed by atoms with van der Waals surface area (Å²) in [6, 6.07) is 41.1. The monoisotopic (exact) mass is 585 g/mol. The Labute approximate surface area is 257 Å². The summed E-state index contributed by atoms with van der Waals surface area (Å²) in [6.45, 7) is 0. The SMILES string of the molecule is N#Cc1ccc(C(=O)Oc2ccc3ccccc3c2-c2c(OC(=O)c3ccc4cc(O)ccc4c3)ccc3ccccc23)cc1. The summed E-state index contributed by atoms with van der Waals surface area (Å²) < 4.78 is 12.2. The Morgan fingerprint density at radius 2 is 1.02 bits per heavy atom. The molecule has 0 fully saturated rings. The molecule has 6 nitrogen and oxygen atoms in total. The highest BCUT2D eigenvalue weighted by molar-refractivity contribution is 6.11. The van der Waals surface area contributed by atoms with Crippen LogP contribution in [0, 0.1) is 11.3 Å². The summed E-state index contributed by atoms with van der Waals surface area (Å²) in [5.74, 6) is -0.405. The number of esters is 2. The van der Waals surface area contributed by atoms with Crippen molar-refractivity contribution in [3.63, 3.8) is 0 Å². The second-order valence-corrected chi connectivity index (χ2v) is 10.5. The summed E-state index contributed by atoms with van der Waals surface area (Å²) >= 11 is 0. The Morgan fingerprint density at radius 3 is 1.62 bits per heavy atom. The lowest BCUT2D eigenvalue weighted by molar-refractivity contribution is 0.0723. The van der Waals surface area contributed by atoms with Crippen LogP contribution in [0.1, 0.15) is 26.3 Å². The number of carbonyl (C=O) groups is 2. The van der Waals surface area contributed by atoms with Gasteiger partial charge in [0.25, 0.3) is 0 Å². The third-order valence-corrected chi connectivity index (χ3v) is 7.75. The Morgan fingerprint density at radius 1 is 0.533 bits per heavy atom. The van der Waals surface area contributed by atoms with Crippen LogP contribution in [-0.2, 0) is 0 Å². The Hall–Kier alpha value is -6.45. The maximum atomic E-state index is 13.6. The average Bonchev–Trinajstić information content (AvgIpc) is 3.08. The molecule has 0 unspecified atom stereocenters. The van der Waals surface area contributed by atoms with Crippen LogP contribution in [0.5, 0.6) is 17.2 Å². The zero-order valence-electron chi connectivity index (χ0n) is 23.7. The third kappa shape index (κ3) is 5.20. The quantitative estimate of drug-likeness (QED) is 0.160. The molecule has 7 rings (SSSR count). The standard InChI is InChI=1S/C39H23NO5/c40-23-24-9-11-27(12-10-24)38(42)44-34-19-16-25-5-1-3-7-32(25)36(34)37-33-8-4-2-6-26(33)17-20-35(37)45-39(43)30-14-13-29-22-31(41)18-15-28(29)21-30/h1-22,41H.